The van der Waals surface area contributed by atoms with Crippen LogP contribution in [0.5, 0.6) is 0 Å². The number of furan rings is 1. The molecule has 0 aliphatic carbocycles. The average molecular weight is 282 g/mol. The van der Waals surface area contributed by atoms with Crippen LogP contribution < -0.4 is 10.0 Å². The topological polar surface area (TPSA) is 97.1 Å². The van der Waals surface area contributed by atoms with Crippen molar-refractivity contribution in [3.8, 4) is 0 Å². The maximum atomic E-state index is 11.9. The molecule has 2 aromatic rings. The minimum Gasteiger partial charge on any atom is -0.468 e. The Morgan fingerprint density at radius 1 is 1.32 bits per heavy atom. The molecule has 102 valence electrons. The molecule has 8 heteroatoms. The summed E-state index contributed by atoms with van der Waals surface area (Å²) in [4.78, 5) is 7.84. The SMILES string of the molecule is CCNc1ncc(S(=O)(=O)NCc2ccco2)cn1. The van der Waals surface area contributed by atoms with Crippen molar-refractivity contribution in [2.45, 2.75) is 18.4 Å². The summed E-state index contributed by atoms with van der Waals surface area (Å²) in [5.41, 5.74) is 0. The number of hydrogen-bond acceptors (Lipinski definition) is 6. The van der Waals surface area contributed by atoms with E-state index in [1.54, 1.807) is 12.1 Å². The quantitative estimate of drug-likeness (QED) is 0.819. The number of aromatic nitrogens is 2. The Bertz CT molecular complexity index is 608. The van der Waals surface area contributed by atoms with Gasteiger partial charge < -0.3 is 9.73 Å². The number of nitrogens with zero attached hydrogens (tertiary/aromatic N) is 2. The molecule has 0 aliphatic rings. The van der Waals surface area contributed by atoms with E-state index in [0.717, 1.165) is 0 Å². The van der Waals surface area contributed by atoms with Crippen molar-refractivity contribution in [2.24, 2.45) is 0 Å². The van der Waals surface area contributed by atoms with Gasteiger partial charge in [-0.15, -0.1) is 0 Å². The highest BCUT2D eigenvalue weighted by molar-refractivity contribution is 7.89. The first kappa shape index (κ1) is 13.5. The minimum absolute atomic E-state index is 0.0145. The molecule has 0 saturated heterocycles. The lowest BCUT2D eigenvalue weighted by atomic mass is 10.5. The molecule has 0 fully saturated rings. The van der Waals surface area contributed by atoms with Crippen molar-refractivity contribution in [1.29, 1.82) is 0 Å². The summed E-state index contributed by atoms with van der Waals surface area (Å²) in [5, 5.41) is 2.89. The first-order chi connectivity index (χ1) is 9.12. The second-order valence-electron chi connectivity index (χ2n) is 3.68. The second-order valence-corrected chi connectivity index (χ2v) is 5.44. The molecule has 0 amide bonds. The fourth-order valence-corrected chi connectivity index (χ4v) is 2.25. The maximum absolute atomic E-state index is 11.9. The molecule has 2 heterocycles. The van der Waals surface area contributed by atoms with Crippen LogP contribution in [-0.2, 0) is 16.6 Å². The van der Waals surface area contributed by atoms with Gasteiger partial charge in [-0.05, 0) is 19.1 Å². The van der Waals surface area contributed by atoms with Crippen LogP contribution in [0.4, 0.5) is 5.95 Å². The van der Waals surface area contributed by atoms with Crippen molar-refractivity contribution < 1.29 is 12.8 Å². The standard InChI is InChI=1S/C11H14N4O3S/c1-2-12-11-13-7-10(8-14-11)19(16,17)15-6-9-4-3-5-18-9/h3-5,7-8,15H,2,6H2,1H3,(H,12,13,14). The van der Waals surface area contributed by atoms with E-state index in [4.69, 9.17) is 4.42 Å². The molecule has 0 spiro atoms. The van der Waals surface area contributed by atoms with Gasteiger partial charge in [-0.25, -0.2) is 23.1 Å². The Morgan fingerprint density at radius 2 is 2.05 bits per heavy atom. The fourth-order valence-electron chi connectivity index (χ4n) is 1.37. The minimum atomic E-state index is -3.63. The van der Waals surface area contributed by atoms with Crippen LogP contribution in [0, 0.1) is 0 Å². The monoisotopic (exact) mass is 282 g/mol. The lowest BCUT2D eigenvalue weighted by Gasteiger charge is -2.05. The summed E-state index contributed by atoms with van der Waals surface area (Å²) in [6.07, 6.45) is 4.00. The van der Waals surface area contributed by atoms with Gasteiger partial charge in [-0.1, -0.05) is 0 Å². The van der Waals surface area contributed by atoms with E-state index in [2.05, 4.69) is 20.0 Å². The van der Waals surface area contributed by atoms with Crippen molar-refractivity contribution >= 4 is 16.0 Å². The molecule has 2 aromatic heterocycles. The van der Waals surface area contributed by atoms with E-state index in [1.165, 1.54) is 18.7 Å². The normalized spacial score (nSPS) is 11.4. The van der Waals surface area contributed by atoms with E-state index < -0.39 is 10.0 Å². The molecule has 0 unspecified atom stereocenters. The summed E-state index contributed by atoms with van der Waals surface area (Å²) >= 11 is 0. The molecule has 0 radical (unpaired) electrons. The molecular weight excluding hydrogens is 268 g/mol. The highest BCUT2D eigenvalue weighted by Gasteiger charge is 2.15. The Hall–Kier alpha value is -1.93. The van der Waals surface area contributed by atoms with Crippen LogP contribution in [-0.4, -0.2) is 24.9 Å². The molecule has 0 aliphatic heterocycles. The average Bonchev–Trinajstić information content (AvgIpc) is 2.91. The number of sulfonamides is 1. The molecule has 19 heavy (non-hydrogen) atoms. The van der Waals surface area contributed by atoms with Crippen molar-refractivity contribution in [1.82, 2.24) is 14.7 Å². The molecule has 0 aromatic carbocycles. The van der Waals surface area contributed by atoms with Gasteiger partial charge in [0.05, 0.1) is 25.2 Å². The summed E-state index contributed by atoms with van der Waals surface area (Å²) in [5.74, 6) is 0.932. The Labute approximate surface area is 111 Å². The third kappa shape index (κ3) is 3.52. The van der Waals surface area contributed by atoms with Gasteiger partial charge >= 0.3 is 0 Å². The van der Waals surface area contributed by atoms with Crippen LogP contribution >= 0.6 is 0 Å². The molecular formula is C11H14N4O3S. The predicted octanol–water partition coefficient (Wildman–Crippen LogP) is 0.980. The lowest BCUT2D eigenvalue weighted by molar-refractivity contribution is 0.498. The summed E-state index contributed by atoms with van der Waals surface area (Å²) in [6, 6.07) is 3.38. The summed E-state index contributed by atoms with van der Waals surface area (Å²) < 4.78 is 31.3. The molecule has 7 nitrogen and oxygen atoms in total. The number of hydrogen-bond donors (Lipinski definition) is 2. The van der Waals surface area contributed by atoms with Gasteiger partial charge in [-0.2, -0.15) is 0 Å². The highest BCUT2D eigenvalue weighted by Crippen LogP contribution is 2.08. The number of nitrogens with one attached hydrogen (secondary N) is 2. The molecule has 0 atom stereocenters. The third-order valence-electron chi connectivity index (χ3n) is 2.29. The molecule has 2 N–H and O–H groups in total. The van der Waals surface area contributed by atoms with Crippen molar-refractivity contribution in [3.63, 3.8) is 0 Å². The fraction of sp³-hybridized carbons (Fsp3) is 0.273. The summed E-state index contributed by atoms with van der Waals surface area (Å²) in [7, 11) is -3.63. The van der Waals surface area contributed by atoms with Gasteiger partial charge in [0.25, 0.3) is 0 Å². The first-order valence-corrected chi connectivity index (χ1v) is 7.18. The van der Waals surface area contributed by atoms with Crippen molar-refractivity contribution in [2.75, 3.05) is 11.9 Å². The molecule has 0 saturated carbocycles. The Kier molecular flexibility index (Phi) is 4.13. The third-order valence-corrected chi connectivity index (χ3v) is 3.65. The Morgan fingerprint density at radius 3 is 2.63 bits per heavy atom. The van der Waals surface area contributed by atoms with Crippen LogP contribution in [0.2, 0.25) is 0 Å². The van der Waals surface area contributed by atoms with Gasteiger partial charge in [0.15, 0.2) is 0 Å². The number of anilines is 1. The zero-order valence-electron chi connectivity index (χ0n) is 10.3. The highest BCUT2D eigenvalue weighted by atomic mass is 32.2. The smallest absolute Gasteiger partial charge is 0.244 e. The maximum Gasteiger partial charge on any atom is 0.244 e. The van der Waals surface area contributed by atoms with Gasteiger partial charge in [0.2, 0.25) is 16.0 Å². The molecule has 0 bridgehead atoms. The van der Waals surface area contributed by atoms with Gasteiger partial charge in [0, 0.05) is 6.54 Å². The summed E-state index contributed by atoms with van der Waals surface area (Å²) in [6.45, 7) is 2.66. The van der Waals surface area contributed by atoms with E-state index in [1.807, 2.05) is 6.92 Å². The van der Waals surface area contributed by atoms with Crippen LogP contribution in [0.3, 0.4) is 0 Å². The van der Waals surface area contributed by atoms with E-state index in [0.29, 0.717) is 18.3 Å². The largest absolute Gasteiger partial charge is 0.468 e. The van der Waals surface area contributed by atoms with Crippen LogP contribution in [0.15, 0.2) is 40.1 Å². The lowest BCUT2D eigenvalue weighted by Crippen LogP contribution is -2.23. The van der Waals surface area contributed by atoms with E-state index >= 15 is 0 Å². The first-order valence-electron chi connectivity index (χ1n) is 5.70. The van der Waals surface area contributed by atoms with Gasteiger partial charge in [-0.3, -0.25) is 0 Å². The van der Waals surface area contributed by atoms with Gasteiger partial charge in [0.1, 0.15) is 10.7 Å². The zero-order chi connectivity index (χ0) is 13.7. The number of rotatable bonds is 6. The second kappa shape index (κ2) is 5.81. The molecule has 2 rings (SSSR count). The zero-order valence-corrected chi connectivity index (χ0v) is 11.1. The van der Waals surface area contributed by atoms with Crippen LogP contribution in [0.25, 0.3) is 0 Å². The Balaban J connectivity index is 2.06. The van der Waals surface area contributed by atoms with E-state index in [9.17, 15) is 8.42 Å². The predicted molar refractivity (Wildman–Crippen MR) is 68.9 cm³/mol. The van der Waals surface area contributed by atoms with Crippen LogP contribution in [0.1, 0.15) is 12.7 Å². The van der Waals surface area contributed by atoms with Crippen molar-refractivity contribution in [3.05, 3.63) is 36.5 Å². The van der Waals surface area contributed by atoms with E-state index in [-0.39, 0.29) is 11.4 Å².